The van der Waals surface area contributed by atoms with E-state index in [0.717, 1.165) is 23.1 Å². The smallest absolute Gasteiger partial charge is 0.241 e. The van der Waals surface area contributed by atoms with Gasteiger partial charge in [-0.25, -0.2) is 10.8 Å². The minimum atomic E-state index is -0.262. The molecule has 104 valence electrons. The van der Waals surface area contributed by atoms with Crippen molar-refractivity contribution in [2.24, 2.45) is 5.84 Å². The first-order valence-corrected chi connectivity index (χ1v) is 7.26. The molecule has 0 saturated heterocycles. The second kappa shape index (κ2) is 5.30. The van der Waals surface area contributed by atoms with E-state index in [-0.39, 0.29) is 5.60 Å². The Morgan fingerprint density at radius 1 is 1.37 bits per heavy atom. The number of ether oxygens (including phenoxy) is 1. The van der Waals surface area contributed by atoms with Crippen LogP contribution in [0.25, 0.3) is 10.2 Å². The van der Waals surface area contributed by atoms with E-state index in [1.807, 2.05) is 13.8 Å². The topological polar surface area (TPSA) is 73.1 Å². The number of hydrogen-bond donors (Lipinski definition) is 2. The number of anilines is 1. The number of hydrogen-bond acceptors (Lipinski definition) is 6. The first-order chi connectivity index (χ1) is 8.99. The van der Waals surface area contributed by atoms with Crippen molar-refractivity contribution in [2.75, 3.05) is 5.43 Å². The maximum atomic E-state index is 6.02. The van der Waals surface area contributed by atoms with E-state index >= 15 is 0 Å². The highest BCUT2D eigenvalue weighted by Gasteiger charge is 2.21. The summed E-state index contributed by atoms with van der Waals surface area (Å²) < 4.78 is 6.02. The van der Waals surface area contributed by atoms with Crippen LogP contribution in [0.3, 0.4) is 0 Å². The maximum absolute atomic E-state index is 6.02. The molecule has 0 amide bonds. The van der Waals surface area contributed by atoms with Crippen molar-refractivity contribution >= 4 is 27.5 Å². The number of nitrogen functional groups attached to an aromatic ring is 1. The fraction of sp³-hybridized carbons (Fsp3) is 0.538. The number of fused-ring (bicyclic) bond motifs is 1. The zero-order chi connectivity index (χ0) is 14.0. The molecule has 0 aromatic carbocycles. The third-order valence-electron chi connectivity index (χ3n) is 3.11. The number of nitrogens with zero attached hydrogens (tertiary/aromatic N) is 2. The summed E-state index contributed by atoms with van der Waals surface area (Å²) in [6.45, 7) is 8.30. The van der Waals surface area contributed by atoms with Gasteiger partial charge in [0.25, 0.3) is 0 Å². The van der Waals surface area contributed by atoms with Crippen LogP contribution in [-0.2, 0) is 6.42 Å². The second-order valence-electron chi connectivity index (χ2n) is 5.00. The monoisotopic (exact) mass is 280 g/mol. The van der Waals surface area contributed by atoms with Crippen LogP contribution in [0, 0.1) is 0 Å². The summed E-state index contributed by atoms with van der Waals surface area (Å²) >= 11 is 1.65. The summed E-state index contributed by atoms with van der Waals surface area (Å²) in [7, 11) is 0. The molecule has 6 heteroatoms. The lowest BCUT2D eigenvalue weighted by Gasteiger charge is -2.24. The molecule has 2 rings (SSSR count). The van der Waals surface area contributed by atoms with E-state index < -0.39 is 0 Å². The van der Waals surface area contributed by atoms with Crippen LogP contribution in [0.2, 0.25) is 0 Å². The molecule has 0 fully saturated rings. The van der Waals surface area contributed by atoms with E-state index in [0.29, 0.717) is 11.8 Å². The highest BCUT2D eigenvalue weighted by atomic mass is 32.1. The summed E-state index contributed by atoms with van der Waals surface area (Å²) in [4.78, 5) is 10.9. The number of thiophene rings is 1. The molecule has 0 atom stereocenters. The van der Waals surface area contributed by atoms with Crippen LogP contribution in [-0.4, -0.2) is 15.6 Å². The Morgan fingerprint density at radius 3 is 2.68 bits per heavy atom. The van der Waals surface area contributed by atoms with Gasteiger partial charge < -0.3 is 4.74 Å². The number of rotatable bonds is 5. The lowest BCUT2D eigenvalue weighted by atomic mass is 10.1. The first kappa shape index (κ1) is 14.0. The van der Waals surface area contributed by atoms with E-state index in [1.165, 1.54) is 4.88 Å². The van der Waals surface area contributed by atoms with Crippen LogP contribution < -0.4 is 16.0 Å². The molecular formula is C13H20N4OS. The second-order valence-corrected chi connectivity index (χ2v) is 6.11. The van der Waals surface area contributed by atoms with E-state index in [2.05, 4.69) is 35.3 Å². The Hall–Kier alpha value is -1.40. The maximum Gasteiger partial charge on any atom is 0.241 e. The third kappa shape index (κ3) is 2.96. The lowest BCUT2D eigenvalue weighted by molar-refractivity contribution is 0.101. The Bertz CT molecular complexity index is 579. The average molecular weight is 280 g/mol. The fourth-order valence-corrected chi connectivity index (χ4v) is 2.55. The SMILES string of the molecule is CCc1cc2c(OC(C)(C)CC)nc(NN)nc2s1. The number of nitrogens with two attached hydrogens (primary N) is 1. The summed E-state index contributed by atoms with van der Waals surface area (Å²) in [5, 5.41) is 0.961. The average Bonchev–Trinajstić information content (AvgIpc) is 2.81. The molecule has 0 unspecified atom stereocenters. The van der Waals surface area contributed by atoms with Crippen molar-refractivity contribution in [3.8, 4) is 5.88 Å². The molecule has 0 aliphatic rings. The van der Waals surface area contributed by atoms with Gasteiger partial charge in [0.05, 0.1) is 5.39 Å². The molecule has 0 aliphatic carbocycles. The Balaban J connectivity index is 2.53. The van der Waals surface area contributed by atoms with Crippen molar-refractivity contribution < 1.29 is 4.74 Å². The van der Waals surface area contributed by atoms with Gasteiger partial charge in [0.15, 0.2) is 0 Å². The van der Waals surface area contributed by atoms with Gasteiger partial charge in [0.2, 0.25) is 11.8 Å². The van der Waals surface area contributed by atoms with Gasteiger partial charge in [-0.05, 0) is 32.8 Å². The van der Waals surface area contributed by atoms with Crippen molar-refractivity contribution in [1.29, 1.82) is 0 Å². The Kier molecular flexibility index (Phi) is 3.91. The van der Waals surface area contributed by atoms with Crippen LogP contribution in [0.5, 0.6) is 5.88 Å². The van der Waals surface area contributed by atoms with Crippen LogP contribution in [0.1, 0.15) is 39.0 Å². The standard InChI is InChI=1S/C13H20N4OS/c1-5-8-7-9-10(18-13(3,4)6-2)15-12(17-14)16-11(9)19-8/h7H,5-6,14H2,1-4H3,(H,15,16,17). The zero-order valence-corrected chi connectivity index (χ0v) is 12.6. The Labute approximate surface area is 117 Å². The van der Waals surface area contributed by atoms with Gasteiger partial charge in [0.1, 0.15) is 10.4 Å². The van der Waals surface area contributed by atoms with Crippen LogP contribution in [0.15, 0.2) is 6.07 Å². The van der Waals surface area contributed by atoms with E-state index in [9.17, 15) is 0 Å². The van der Waals surface area contributed by atoms with Crippen molar-refractivity contribution in [3.05, 3.63) is 10.9 Å². The molecule has 19 heavy (non-hydrogen) atoms. The fourth-order valence-electron chi connectivity index (χ4n) is 1.60. The highest BCUT2D eigenvalue weighted by molar-refractivity contribution is 7.18. The predicted molar refractivity (Wildman–Crippen MR) is 79.6 cm³/mol. The largest absolute Gasteiger partial charge is 0.471 e. The minimum absolute atomic E-state index is 0.262. The van der Waals surface area contributed by atoms with Gasteiger partial charge in [0, 0.05) is 4.88 Å². The highest BCUT2D eigenvalue weighted by Crippen LogP contribution is 2.33. The van der Waals surface area contributed by atoms with Gasteiger partial charge in [-0.1, -0.05) is 13.8 Å². The van der Waals surface area contributed by atoms with Gasteiger partial charge in [-0.3, -0.25) is 5.43 Å². The van der Waals surface area contributed by atoms with E-state index in [4.69, 9.17) is 10.6 Å². The molecule has 0 bridgehead atoms. The van der Waals surface area contributed by atoms with Crippen LogP contribution >= 0.6 is 11.3 Å². The summed E-state index contributed by atoms with van der Waals surface area (Å²) in [6.07, 6.45) is 1.87. The number of nitrogens with one attached hydrogen (secondary N) is 1. The van der Waals surface area contributed by atoms with Gasteiger partial charge in [-0.2, -0.15) is 4.98 Å². The van der Waals surface area contributed by atoms with Crippen molar-refractivity contribution in [3.63, 3.8) is 0 Å². The molecule has 3 N–H and O–H groups in total. The summed E-state index contributed by atoms with van der Waals surface area (Å²) in [5.41, 5.74) is 2.23. The Morgan fingerprint density at radius 2 is 2.11 bits per heavy atom. The number of hydrazine groups is 1. The molecule has 0 saturated carbocycles. The first-order valence-electron chi connectivity index (χ1n) is 6.45. The molecule has 0 spiro atoms. The normalized spacial score (nSPS) is 11.8. The molecule has 0 aliphatic heterocycles. The van der Waals surface area contributed by atoms with E-state index in [1.54, 1.807) is 11.3 Å². The van der Waals surface area contributed by atoms with Crippen LogP contribution in [0.4, 0.5) is 5.95 Å². The molecule has 2 heterocycles. The van der Waals surface area contributed by atoms with Gasteiger partial charge in [-0.15, -0.1) is 11.3 Å². The zero-order valence-electron chi connectivity index (χ0n) is 11.8. The number of aromatic nitrogens is 2. The lowest BCUT2D eigenvalue weighted by Crippen LogP contribution is -2.27. The van der Waals surface area contributed by atoms with Gasteiger partial charge >= 0.3 is 0 Å². The molecule has 0 radical (unpaired) electrons. The van der Waals surface area contributed by atoms with Crippen molar-refractivity contribution in [2.45, 2.75) is 46.1 Å². The predicted octanol–water partition coefficient (Wildman–Crippen LogP) is 3.11. The molecule has 2 aromatic heterocycles. The molecule has 5 nitrogen and oxygen atoms in total. The number of aryl methyl sites for hydroxylation is 1. The minimum Gasteiger partial charge on any atom is -0.471 e. The summed E-state index contributed by atoms with van der Waals surface area (Å²) in [6, 6.07) is 2.10. The molecule has 2 aromatic rings. The summed E-state index contributed by atoms with van der Waals surface area (Å²) in [5.74, 6) is 6.41. The van der Waals surface area contributed by atoms with Crippen molar-refractivity contribution in [1.82, 2.24) is 9.97 Å². The third-order valence-corrected chi connectivity index (χ3v) is 4.28. The molecular weight excluding hydrogens is 260 g/mol. The quantitative estimate of drug-likeness (QED) is 0.650.